The zero-order valence-electron chi connectivity index (χ0n) is 14.7. The Labute approximate surface area is 170 Å². The quantitative estimate of drug-likeness (QED) is 0.762. The van der Waals surface area contributed by atoms with Gasteiger partial charge in [0, 0.05) is 49.2 Å². The number of hydrogen-bond acceptors (Lipinski definition) is 4. The second-order valence-electron chi connectivity index (χ2n) is 6.16. The van der Waals surface area contributed by atoms with Crippen LogP contribution in [-0.4, -0.2) is 60.2 Å². The summed E-state index contributed by atoms with van der Waals surface area (Å²) in [6, 6.07) is 10.7. The molecule has 0 radical (unpaired) electrons. The van der Waals surface area contributed by atoms with Crippen LogP contribution >= 0.6 is 27.3 Å². The predicted molar refractivity (Wildman–Crippen MR) is 108 cm³/mol. The van der Waals surface area contributed by atoms with Crippen LogP contribution in [0.15, 0.2) is 46.3 Å². The number of carbonyl (C=O) groups excluding carboxylic acids is 3. The lowest BCUT2D eigenvalue weighted by molar-refractivity contribution is -0.132. The van der Waals surface area contributed by atoms with Crippen molar-refractivity contribution in [3.05, 3.63) is 56.7 Å². The van der Waals surface area contributed by atoms with E-state index < -0.39 is 0 Å². The Balaban J connectivity index is 1.40. The first-order valence-corrected chi connectivity index (χ1v) is 10.4. The molecule has 142 valence electrons. The number of thiophene rings is 1. The van der Waals surface area contributed by atoms with Gasteiger partial charge in [0.1, 0.15) is 0 Å². The third-order valence-electron chi connectivity index (χ3n) is 4.38. The molecule has 1 aliphatic rings. The summed E-state index contributed by atoms with van der Waals surface area (Å²) in [5, 5.41) is 4.65. The summed E-state index contributed by atoms with van der Waals surface area (Å²) in [6.07, 6.45) is 0.251. The Kier molecular flexibility index (Phi) is 6.63. The van der Waals surface area contributed by atoms with E-state index in [1.165, 1.54) is 11.3 Å². The summed E-state index contributed by atoms with van der Waals surface area (Å²) in [7, 11) is 0. The van der Waals surface area contributed by atoms with Gasteiger partial charge in [-0.05, 0) is 35.7 Å². The highest BCUT2D eigenvalue weighted by molar-refractivity contribution is 9.10. The minimum absolute atomic E-state index is 0.00525. The van der Waals surface area contributed by atoms with Crippen LogP contribution in [0.3, 0.4) is 0 Å². The van der Waals surface area contributed by atoms with Gasteiger partial charge in [-0.1, -0.05) is 22.0 Å². The first-order chi connectivity index (χ1) is 13.0. The molecule has 1 N–H and O–H groups in total. The van der Waals surface area contributed by atoms with Crippen LogP contribution in [0.25, 0.3) is 0 Å². The number of amides is 3. The molecule has 0 unspecified atom stereocenters. The minimum Gasteiger partial charge on any atom is -0.352 e. The molecule has 1 saturated heterocycles. The fraction of sp³-hybridized carbons (Fsp3) is 0.316. The van der Waals surface area contributed by atoms with E-state index in [4.69, 9.17) is 0 Å². The van der Waals surface area contributed by atoms with Gasteiger partial charge in [0.05, 0.1) is 4.88 Å². The predicted octanol–water partition coefficient (Wildman–Crippen LogP) is 2.62. The van der Waals surface area contributed by atoms with Crippen LogP contribution in [0.2, 0.25) is 0 Å². The van der Waals surface area contributed by atoms with Crippen molar-refractivity contribution in [3.63, 3.8) is 0 Å². The molecular formula is C19H20BrN3O3S. The van der Waals surface area contributed by atoms with Crippen molar-refractivity contribution >= 4 is 45.0 Å². The molecule has 3 rings (SSSR count). The Hall–Kier alpha value is -2.19. The summed E-state index contributed by atoms with van der Waals surface area (Å²) < 4.78 is 0.908. The summed E-state index contributed by atoms with van der Waals surface area (Å²) >= 11 is 4.76. The van der Waals surface area contributed by atoms with Crippen molar-refractivity contribution in [2.24, 2.45) is 0 Å². The number of hydrogen-bond donors (Lipinski definition) is 1. The lowest BCUT2D eigenvalue weighted by Crippen LogP contribution is -2.50. The van der Waals surface area contributed by atoms with Crippen LogP contribution in [0.5, 0.6) is 0 Å². The normalized spacial score (nSPS) is 14.1. The van der Waals surface area contributed by atoms with E-state index in [0.29, 0.717) is 38.3 Å². The smallest absolute Gasteiger partial charge is 0.264 e. The molecule has 0 atom stereocenters. The first kappa shape index (κ1) is 19.6. The third-order valence-corrected chi connectivity index (χ3v) is 5.77. The number of halogens is 1. The molecule has 0 bridgehead atoms. The third kappa shape index (κ3) is 5.17. The van der Waals surface area contributed by atoms with Gasteiger partial charge in [-0.25, -0.2) is 0 Å². The van der Waals surface area contributed by atoms with Crippen molar-refractivity contribution in [1.29, 1.82) is 0 Å². The zero-order chi connectivity index (χ0) is 19.2. The van der Waals surface area contributed by atoms with Crippen LogP contribution in [0, 0.1) is 0 Å². The largest absolute Gasteiger partial charge is 0.352 e. The highest BCUT2D eigenvalue weighted by Gasteiger charge is 2.25. The highest BCUT2D eigenvalue weighted by atomic mass is 79.9. The molecule has 27 heavy (non-hydrogen) atoms. The topological polar surface area (TPSA) is 69.7 Å². The van der Waals surface area contributed by atoms with Crippen molar-refractivity contribution in [3.8, 4) is 0 Å². The van der Waals surface area contributed by atoms with Crippen LogP contribution in [0.4, 0.5) is 0 Å². The molecule has 2 heterocycles. The fourth-order valence-electron chi connectivity index (χ4n) is 2.86. The molecule has 0 saturated carbocycles. The van der Waals surface area contributed by atoms with E-state index in [1.54, 1.807) is 34.1 Å². The van der Waals surface area contributed by atoms with Crippen molar-refractivity contribution in [1.82, 2.24) is 15.1 Å². The van der Waals surface area contributed by atoms with Gasteiger partial charge < -0.3 is 15.1 Å². The molecule has 1 aromatic heterocycles. The van der Waals surface area contributed by atoms with Gasteiger partial charge in [0.15, 0.2) is 0 Å². The standard InChI is InChI=1S/C19H20BrN3O3S/c20-15-5-3-14(4-6-15)18(25)21-8-7-17(24)22-9-11-23(12-10-22)19(26)16-2-1-13-27-16/h1-6,13H,7-12H2,(H,21,25). The monoisotopic (exact) mass is 449 g/mol. The number of nitrogens with zero attached hydrogens (tertiary/aromatic N) is 2. The van der Waals surface area contributed by atoms with Gasteiger partial charge in [-0.3, -0.25) is 14.4 Å². The molecule has 8 heteroatoms. The maximum atomic E-state index is 12.3. The number of piperazine rings is 1. The van der Waals surface area contributed by atoms with E-state index >= 15 is 0 Å². The molecule has 3 amide bonds. The molecule has 1 fully saturated rings. The Bertz CT molecular complexity index is 800. The Morgan fingerprint density at radius 1 is 1.00 bits per heavy atom. The summed E-state index contributed by atoms with van der Waals surface area (Å²) in [6.45, 7) is 2.41. The number of benzene rings is 1. The highest BCUT2D eigenvalue weighted by Crippen LogP contribution is 2.14. The van der Waals surface area contributed by atoms with Crippen molar-refractivity contribution < 1.29 is 14.4 Å². The maximum Gasteiger partial charge on any atom is 0.264 e. The van der Waals surface area contributed by atoms with Gasteiger partial charge in [-0.2, -0.15) is 0 Å². The van der Waals surface area contributed by atoms with Crippen molar-refractivity contribution in [2.45, 2.75) is 6.42 Å². The van der Waals surface area contributed by atoms with E-state index in [2.05, 4.69) is 21.2 Å². The number of nitrogens with one attached hydrogen (secondary N) is 1. The summed E-state index contributed by atoms with van der Waals surface area (Å²) in [5.74, 6) is -0.171. The van der Waals surface area contributed by atoms with E-state index in [-0.39, 0.29) is 24.1 Å². The average molecular weight is 450 g/mol. The average Bonchev–Trinajstić information content (AvgIpc) is 3.22. The molecule has 1 aromatic carbocycles. The molecular weight excluding hydrogens is 430 g/mol. The second kappa shape index (κ2) is 9.14. The molecule has 6 nitrogen and oxygen atoms in total. The maximum absolute atomic E-state index is 12.3. The number of carbonyl (C=O) groups is 3. The minimum atomic E-state index is -0.193. The van der Waals surface area contributed by atoms with Gasteiger partial charge in [0.25, 0.3) is 11.8 Å². The Morgan fingerprint density at radius 3 is 2.30 bits per heavy atom. The SMILES string of the molecule is O=C(NCCC(=O)N1CCN(C(=O)c2cccs2)CC1)c1ccc(Br)cc1. The second-order valence-corrected chi connectivity index (χ2v) is 8.03. The summed E-state index contributed by atoms with van der Waals surface area (Å²) in [4.78, 5) is 41.0. The van der Waals surface area contributed by atoms with Gasteiger partial charge in [0.2, 0.25) is 5.91 Å². The molecule has 0 aliphatic carbocycles. The molecule has 0 spiro atoms. The zero-order valence-corrected chi connectivity index (χ0v) is 17.1. The molecule has 1 aliphatic heterocycles. The molecule has 2 aromatic rings. The van der Waals surface area contributed by atoms with Gasteiger partial charge in [-0.15, -0.1) is 11.3 Å². The number of rotatable bonds is 5. The first-order valence-electron chi connectivity index (χ1n) is 8.69. The fourth-order valence-corrected chi connectivity index (χ4v) is 3.81. The van der Waals surface area contributed by atoms with Crippen LogP contribution in [0.1, 0.15) is 26.5 Å². The van der Waals surface area contributed by atoms with Gasteiger partial charge >= 0.3 is 0 Å². The van der Waals surface area contributed by atoms with Crippen LogP contribution in [-0.2, 0) is 4.79 Å². The van der Waals surface area contributed by atoms with Crippen LogP contribution < -0.4 is 5.32 Å². The Morgan fingerprint density at radius 2 is 1.67 bits per heavy atom. The van der Waals surface area contributed by atoms with E-state index in [0.717, 1.165) is 9.35 Å². The van der Waals surface area contributed by atoms with Crippen molar-refractivity contribution in [2.75, 3.05) is 32.7 Å². The lowest BCUT2D eigenvalue weighted by Gasteiger charge is -2.34. The lowest BCUT2D eigenvalue weighted by atomic mass is 10.2. The van der Waals surface area contributed by atoms with E-state index in [1.807, 2.05) is 17.5 Å². The van der Waals surface area contributed by atoms with E-state index in [9.17, 15) is 14.4 Å². The summed E-state index contributed by atoms with van der Waals surface area (Å²) in [5.41, 5.74) is 0.561.